The number of rotatable bonds is 3. The number of ether oxygens (including phenoxy) is 1. The molecule has 26 heavy (non-hydrogen) atoms. The van der Waals surface area contributed by atoms with E-state index >= 15 is 0 Å². The van der Waals surface area contributed by atoms with E-state index in [1.54, 1.807) is 12.5 Å². The van der Waals surface area contributed by atoms with Crippen LogP contribution in [0.3, 0.4) is 0 Å². The highest BCUT2D eigenvalue weighted by molar-refractivity contribution is 9.10. The fraction of sp³-hybridized carbons (Fsp3) is 0.368. The van der Waals surface area contributed by atoms with Crippen LogP contribution in [0.5, 0.6) is 5.88 Å². The molecule has 0 N–H and O–H groups in total. The molecule has 1 aromatic carbocycles. The Balaban J connectivity index is 1.49. The van der Waals surface area contributed by atoms with Crippen molar-refractivity contribution in [3.63, 3.8) is 0 Å². The summed E-state index contributed by atoms with van der Waals surface area (Å²) in [5.74, 6) is 1.64. The van der Waals surface area contributed by atoms with Gasteiger partial charge in [0.25, 0.3) is 0 Å². The molecular weight excluding hydrogens is 394 g/mol. The maximum absolute atomic E-state index is 6.12. The summed E-state index contributed by atoms with van der Waals surface area (Å²) in [7, 11) is 0. The van der Waals surface area contributed by atoms with Gasteiger partial charge in [0.05, 0.1) is 16.9 Å². The molecular formula is C19H20BrN5O. The lowest BCUT2D eigenvalue weighted by Gasteiger charge is -2.33. The van der Waals surface area contributed by atoms with Crippen LogP contribution in [0.25, 0.3) is 10.9 Å². The molecule has 7 heteroatoms. The Bertz CT molecular complexity index is 940. The van der Waals surface area contributed by atoms with E-state index in [0.717, 1.165) is 58.5 Å². The number of aromatic nitrogens is 4. The standard InChI is InChI=1S/C19H20BrN5O/c1-12-10-21-13(2)19(24-12)26-15-5-7-25(8-6-15)18-16-9-14(20)3-4-17(16)22-11-23-18/h3-4,9-11,15H,5-8H2,1-2H3. The van der Waals surface area contributed by atoms with Gasteiger partial charge in [-0.3, -0.25) is 4.98 Å². The smallest absolute Gasteiger partial charge is 0.235 e. The Morgan fingerprint density at radius 1 is 1.12 bits per heavy atom. The Labute approximate surface area is 160 Å². The molecule has 1 aliphatic rings. The van der Waals surface area contributed by atoms with Crippen LogP contribution < -0.4 is 9.64 Å². The summed E-state index contributed by atoms with van der Waals surface area (Å²) in [4.78, 5) is 20.0. The quantitative estimate of drug-likeness (QED) is 0.649. The van der Waals surface area contributed by atoms with Gasteiger partial charge in [-0.05, 0) is 32.0 Å². The zero-order valence-corrected chi connectivity index (χ0v) is 16.4. The number of hydrogen-bond acceptors (Lipinski definition) is 6. The van der Waals surface area contributed by atoms with Crippen molar-refractivity contribution in [2.24, 2.45) is 0 Å². The molecule has 0 spiro atoms. The van der Waals surface area contributed by atoms with E-state index in [1.807, 2.05) is 26.0 Å². The minimum Gasteiger partial charge on any atom is -0.473 e. The van der Waals surface area contributed by atoms with Crippen molar-refractivity contribution in [1.29, 1.82) is 0 Å². The lowest BCUT2D eigenvalue weighted by molar-refractivity contribution is 0.161. The minimum atomic E-state index is 0.154. The Morgan fingerprint density at radius 2 is 1.92 bits per heavy atom. The molecule has 0 saturated carbocycles. The molecule has 1 aliphatic heterocycles. The van der Waals surface area contributed by atoms with Crippen molar-refractivity contribution in [1.82, 2.24) is 19.9 Å². The van der Waals surface area contributed by atoms with Crippen LogP contribution in [0.2, 0.25) is 0 Å². The highest BCUT2D eigenvalue weighted by Gasteiger charge is 2.24. The topological polar surface area (TPSA) is 64.0 Å². The number of piperidine rings is 1. The third-order valence-corrected chi connectivity index (χ3v) is 5.12. The molecule has 0 atom stereocenters. The van der Waals surface area contributed by atoms with Gasteiger partial charge in [-0.2, -0.15) is 0 Å². The van der Waals surface area contributed by atoms with Crippen LogP contribution in [0, 0.1) is 13.8 Å². The van der Waals surface area contributed by atoms with E-state index in [4.69, 9.17) is 4.74 Å². The molecule has 1 fully saturated rings. The molecule has 0 bridgehead atoms. The number of benzene rings is 1. The highest BCUT2D eigenvalue weighted by Crippen LogP contribution is 2.29. The van der Waals surface area contributed by atoms with E-state index in [9.17, 15) is 0 Å². The second-order valence-corrected chi connectivity index (χ2v) is 7.48. The lowest BCUT2D eigenvalue weighted by atomic mass is 10.1. The number of anilines is 1. The molecule has 6 nitrogen and oxygen atoms in total. The first kappa shape index (κ1) is 17.1. The lowest BCUT2D eigenvalue weighted by Crippen LogP contribution is -2.39. The van der Waals surface area contributed by atoms with Gasteiger partial charge >= 0.3 is 0 Å². The van der Waals surface area contributed by atoms with Gasteiger partial charge in [0.2, 0.25) is 5.88 Å². The van der Waals surface area contributed by atoms with Crippen LogP contribution >= 0.6 is 15.9 Å². The summed E-state index contributed by atoms with van der Waals surface area (Å²) >= 11 is 3.54. The number of hydrogen-bond donors (Lipinski definition) is 0. The van der Waals surface area contributed by atoms with Crippen LogP contribution in [0.15, 0.2) is 35.2 Å². The number of fused-ring (bicyclic) bond motifs is 1. The minimum absolute atomic E-state index is 0.154. The maximum Gasteiger partial charge on any atom is 0.235 e. The van der Waals surface area contributed by atoms with Crippen molar-refractivity contribution >= 4 is 32.7 Å². The third-order valence-electron chi connectivity index (χ3n) is 4.63. The molecule has 2 aromatic heterocycles. The van der Waals surface area contributed by atoms with Gasteiger partial charge < -0.3 is 9.64 Å². The fourth-order valence-electron chi connectivity index (χ4n) is 3.24. The summed E-state index contributed by atoms with van der Waals surface area (Å²) in [5, 5.41) is 1.07. The van der Waals surface area contributed by atoms with Gasteiger partial charge in [0, 0.05) is 42.0 Å². The predicted octanol–water partition coefficient (Wildman–Crippen LogP) is 3.85. The van der Waals surface area contributed by atoms with Gasteiger partial charge in [0.1, 0.15) is 18.2 Å². The van der Waals surface area contributed by atoms with Crippen molar-refractivity contribution in [2.75, 3.05) is 18.0 Å². The Hall–Kier alpha value is -2.28. The summed E-state index contributed by atoms with van der Waals surface area (Å²) < 4.78 is 7.15. The molecule has 134 valence electrons. The van der Waals surface area contributed by atoms with Gasteiger partial charge in [-0.25, -0.2) is 15.0 Å². The highest BCUT2D eigenvalue weighted by atomic mass is 79.9. The van der Waals surface area contributed by atoms with E-state index in [0.29, 0.717) is 5.88 Å². The Kier molecular flexibility index (Phi) is 4.72. The largest absolute Gasteiger partial charge is 0.473 e. The molecule has 0 amide bonds. The predicted molar refractivity (Wildman–Crippen MR) is 105 cm³/mol. The molecule has 0 unspecified atom stereocenters. The van der Waals surface area contributed by atoms with Crippen molar-refractivity contribution in [3.05, 3.63) is 46.6 Å². The second kappa shape index (κ2) is 7.15. The molecule has 3 heterocycles. The van der Waals surface area contributed by atoms with E-state index in [2.05, 4.69) is 46.8 Å². The molecule has 3 aromatic rings. The summed E-state index contributed by atoms with van der Waals surface area (Å²) in [6, 6.07) is 6.10. The first-order valence-corrected chi connectivity index (χ1v) is 9.51. The summed E-state index contributed by atoms with van der Waals surface area (Å²) in [5.41, 5.74) is 2.67. The van der Waals surface area contributed by atoms with Crippen LogP contribution in [-0.2, 0) is 0 Å². The molecule has 1 saturated heterocycles. The average molecular weight is 414 g/mol. The monoisotopic (exact) mass is 413 g/mol. The normalized spacial score (nSPS) is 15.4. The first-order valence-electron chi connectivity index (χ1n) is 8.72. The SMILES string of the molecule is Cc1cnc(C)c(OC2CCN(c3ncnc4ccc(Br)cc34)CC2)n1. The maximum atomic E-state index is 6.12. The summed E-state index contributed by atoms with van der Waals surface area (Å²) in [6.07, 6.45) is 5.41. The zero-order chi connectivity index (χ0) is 18.1. The first-order chi connectivity index (χ1) is 12.6. The van der Waals surface area contributed by atoms with Crippen molar-refractivity contribution in [3.8, 4) is 5.88 Å². The fourth-order valence-corrected chi connectivity index (χ4v) is 3.60. The van der Waals surface area contributed by atoms with E-state index < -0.39 is 0 Å². The van der Waals surface area contributed by atoms with Gasteiger partial charge in [-0.1, -0.05) is 15.9 Å². The zero-order valence-electron chi connectivity index (χ0n) is 14.8. The average Bonchev–Trinajstić information content (AvgIpc) is 2.65. The van der Waals surface area contributed by atoms with Crippen molar-refractivity contribution < 1.29 is 4.74 Å². The number of aryl methyl sites for hydroxylation is 2. The third kappa shape index (κ3) is 3.49. The van der Waals surface area contributed by atoms with E-state index in [-0.39, 0.29) is 6.10 Å². The Morgan fingerprint density at radius 3 is 2.73 bits per heavy atom. The van der Waals surface area contributed by atoms with Gasteiger partial charge in [0.15, 0.2) is 0 Å². The number of nitrogens with zero attached hydrogens (tertiary/aromatic N) is 5. The van der Waals surface area contributed by atoms with Crippen LogP contribution in [-0.4, -0.2) is 39.1 Å². The van der Waals surface area contributed by atoms with Gasteiger partial charge in [-0.15, -0.1) is 0 Å². The summed E-state index contributed by atoms with van der Waals surface area (Å²) in [6.45, 7) is 5.64. The van der Waals surface area contributed by atoms with E-state index in [1.165, 1.54) is 0 Å². The number of halogens is 1. The van der Waals surface area contributed by atoms with Crippen molar-refractivity contribution in [2.45, 2.75) is 32.8 Å². The van der Waals surface area contributed by atoms with Crippen LogP contribution in [0.1, 0.15) is 24.2 Å². The molecule has 0 radical (unpaired) electrons. The second-order valence-electron chi connectivity index (χ2n) is 6.56. The molecule has 0 aliphatic carbocycles. The molecule has 4 rings (SSSR count). The van der Waals surface area contributed by atoms with Crippen LogP contribution in [0.4, 0.5) is 5.82 Å².